The van der Waals surface area contributed by atoms with Gasteiger partial charge in [-0.25, -0.2) is 4.98 Å². The van der Waals surface area contributed by atoms with Crippen molar-refractivity contribution in [3.05, 3.63) is 89.7 Å². The highest BCUT2D eigenvalue weighted by Crippen LogP contribution is 2.30. The van der Waals surface area contributed by atoms with Gasteiger partial charge in [0.2, 0.25) is 5.91 Å². The molecule has 1 amide bonds. The zero-order valence-corrected chi connectivity index (χ0v) is 19.4. The number of imidazole rings is 1. The summed E-state index contributed by atoms with van der Waals surface area (Å²) >= 11 is 0. The van der Waals surface area contributed by atoms with E-state index in [1.165, 1.54) is 5.56 Å². The van der Waals surface area contributed by atoms with Crippen molar-refractivity contribution in [3.8, 4) is 11.5 Å². The van der Waals surface area contributed by atoms with Crippen LogP contribution in [0.3, 0.4) is 0 Å². The van der Waals surface area contributed by atoms with Gasteiger partial charge in [-0.2, -0.15) is 0 Å². The fourth-order valence-corrected chi connectivity index (χ4v) is 4.19. The van der Waals surface area contributed by atoms with Gasteiger partial charge in [-0.05, 0) is 49.2 Å². The van der Waals surface area contributed by atoms with Crippen LogP contribution >= 0.6 is 0 Å². The second-order valence-electron chi connectivity index (χ2n) is 8.07. The van der Waals surface area contributed by atoms with Crippen molar-refractivity contribution in [1.82, 2.24) is 14.9 Å². The van der Waals surface area contributed by atoms with Crippen LogP contribution in [0.1, 0.15) is 42.9 Å². The van der Waals surface area contributed by atoms with Crippen molar-refractivity contribution in [2.24, 2.45) is 0 Å². The van der Waals surface area contributed by atoms with Crippen molar-refractivity contribution in [2.45, 2.75) is 32.4 Å². The Kier molecular flexibility index (Phi) is 6.63. The van der Waals surface area contributed by atoms with Crippen molar-refractivity contribution < 1.29 is 14.3 Å². The molecule has 0 saturated carbocycles. The van der Waals surface area contributed by atoms with Crippen LogP contribution < -0.4 is 14.8 Å². The lowest BCUT2D eigenvalue weighted by Crippen LogP contribution is -2.30. The lowest BCUT2D eigenvalue weighted by Gasteiger charge is -2.22. The third kappa shape index (κ3) is 4.70. The van der Waals surface area contributed by atoms with E-state index in [0.29, 0.717) is 11.5 Å². The first-order valence-corrected chi connectivity index (χ1v) is 11.0. The van der Waals surface area contributed by atoms with Crippen LogP contribution in [0, 0.1) is 0 Å². The first kappa shape index (κ1) is 22.4. The van der Waals surface area contributed by atoms with E-state index in [1.807, 2.05) is 61.5 Å². The first-order chi connectivity index (χ1) is 16.0. The topological polar surface area (TPSA) is 65.4 Å². The molecule has 0 aliphatic rings. The Morgan fingerprint density at radius 3 is 2.36 bits per heavy atom. The molecule has 4 rings (SSSR count). The average molecular weight is 444 g/mol. The van der Waals surface area contributed by atoms with Crippen LogP contribution in [0.2, 0.25) is 0 Å². The summed E-state index contributed by atoms with van der Waals surface area (Å²) in [6, 6.07) is 23.7. The minimum absolute atomic E-state index is 0.0683. The lowest BCUT2D eigenvalue weighted by atomic mass is 10.1. The molecule has 0 radical (unpaired) electrons. The number of hydrogen-bond acceptors (Lipinski definition) is 4. The molecule has 0 aliphatic carbocycles. The Balaban J connectivity index is 1.59. The number of fused-ring (bicyclic) bond motifs is 1. The molecule has 1 aromatic heterocycles. The SMILES string of the molecule is COc1ccc(CC(=O)NC(C)c2nc3ccccc3n2C(C)c2ccccc2)cc1OC. The van der Waals surface area contributed by atoms with E-state index in [1.54, 1.807) is 14.2 Å². The second-order valence-corrected chi connectivity index (χ2v) is 8.07. The molecule has 0 spiro atoms. The number of hydrogen-bond donors (Lipinski definition) is 1. The van der Waals surface area contributed by atoms with Crippen molar-refractivity contribution in [1.29, 1.82) is 0 Å². The van der Waals surface area contributed by atoms with E-state index in [4.69, 9.17) is 14.5 Å². The quantitative estimate of drug-likeness (QED) is 0.412. The van der Waals surface area contributed by atoms with Gasteiger partial charge in [0, 0.05) is 0 Å². The molecular formula is C27H29N3O3. The minimum atomic E-state index is -0.267. The van der Waals surface area contributed by atoms with Gasteiger partial charge in [-0.15, -0.1) is 0 Å². The number of nitrogens with zero attached hydrogens (tertiary/aromatic N) is 2. The van der Waals surface area contributed by atoms with Gasteiger partial charge in [-0.3, -0.25) is 4.79 Å². The zero-order valence-electron chi connectivity index (χ0n) is 19.4. The lowest BCUT2D eigenvalue weighted by molar-refractivity contribution is -0.121. The van der Waals surface area contributed by atoms with Gasteiger partial charge in [0.15, 0.2) is 11.5 Å². The van der Waals surface area contributed by atoms with E-state index in [2.05, 4.69) is 35.0 Å². The van der Waals surface area contributed by atoms with Crippen molar-refractivity contribution in [2.75, 3.05) is 14.2 Å². The summed E-state index contributed by atoms with van der Waals surface area (Å²) in [6.07, 6.45) is 0.235. The predicted molar refractivity (Wildman–Crippen MR) is 130 cm³/mol. The van der Waals surface area contributed by atoms with Crippen LogP contribution in [0.25, 0.3) is 11.0 Å². The molecule has 2 unspecified atom stereocenters. The van der Waals surface area contributed by atoms with E-state index in [-0.39, 0.29) is 24.4 Å². The summed E-state index contributed by atoms with van der Waals surface area (Å²) < 4.78 is 12.9. The second kappa shape index (κ2) is 9.77. The van der Waals surface area contributed by atoms with E-state index in [0.717, 1.165) is 22.4 Å². The highest BCUT2D eigenvalue weighted by Gasteiger charge is 2.22. The van der Waals surface area contributed by atoms with Crippen LogP contribution in [0.15, 0.2) is 72.8 Å². The standard InChI is InChI=1S/C27H29N3O3/c1-18(28-26(31)17-20-14-15-24(32-3)25(16-20)33-4)27-29-22-12-8-9-13-23(22)30(27)19(2)21-10-6-5-7-11-21/h5-16,18-19H,17H2,1-4H3,(H,28,31). The van der Waals surface area contributed by atoms with Crippen LogP contribution in [0.4, 0.5) is 0 Å². The maximum absolute atomic E-state index is 12.9. The summed E-state index contributed by atoms with van der Waals surface area (Å²) in [5, 5.41) is 3.12. The van der Waals surface area contributed by atoms with E-state index in [9.17, 15) is 4.79 Å². The fraction of sp³-hybridized carbons (Fsp3) is 0.259. The molecule has 1 heterocycles. The zero-order chi connectivity index (χ0) is 23.4. The van der Waals surface area contributed by atoms with Crippen molar-refractivity contribution in [3.63, 3.8) is 0 Å². The Hall–Kier alpha value is -3.80. The highest BCUT2D eigenvalue weighted by atomic mass is 16.5. The maximum Gasteiger partial charge on any atom is 0.224 e. The summed E-state index contributed by atoms with van der Waals surface area (Å²) in [6.45, 7) is 4.13. The van der Waals surface area contributed by atoms with E-state index < -0.39 is 0 Å². The normalized spacial score (nSPS) is 12.8. The highest BCUT2D eigenvalue weighted by molar-refractivity contribution is 5.80. The van der Waals surface area contributed by atoms with Gasteiger partial charge in [0.25, 0.3) is 0 Å². The number of carbonyl (C=O) groups is 1. The summed E-state index contributed by atoms with van der Waals surface area (Å²) in [5.41, 5.74) is 4.00. The summed E-state index contributed by atoms with van der Waals surface area (Å²) in [4.78, 5) is 17.8. The molecule has 6 nitrogen and oxygen atoms in total. The van der Waals surface area contributed by atoms with Crippen LogP contribution in [-0.2, 0) is 11.2 Å². The number of methoxy groups -OCH3 is 2. The number of amides is 1. The number of para-hydroxylation sites is 2. The predicted octanol–water partition coefficient (Wildman–Crippen LogP) is 5.08. The largest absolute Gasteiger partial charge is 0.493 e. The molecule has 3 aromatic carbocycles. The molecular weight excluding hydrogens is 414 g/mol. The first-order valence-electron chi connectivity index (χ1n) is 11.0. The number of nitrogens with one attached hydrogen (secondary N) is 1. The molecule has 6 heteroatoms. The number of rotatable bonds is 8. The van der Waals surface area contributed by atoms with Crippen LogP contribution in [0.5, 0.6) is 11.5 Å². The third-order valence-corrected chi connectivity index (χ3v) is 5.87. The molecule has 170 valence electrons. The Bertz CT molecular complexity index is 1250. The molecule has 4 aromatic rings. The van der Waals surface area contributed by atoms with Gasteiger partial charge in [0.05, 0.1) is 43.8 Å². The summed E-state index contributed by atoms with van der Waals surface area (Å²) in [7, 11) is 3.18. The molecule has 0 bridgehead atoms. The van der Waals surface area contributed by atoms with Gasteiger partial charge in [-0.1, -0.05) is 48.5 Å². The Morgan fingerprint density at radius 2 is 1.64 bits per heavy atom. The molecule has 33 heavy (non-hydrogen) atoms. The van der Waals surface area contributed by atoms with Gasteiger partial charge in [0.1, 0.15) is 5.82 Å². The molecule has 1 N–H and O–H groups in total. The molecule has 0 saturated heterocycles. The molecule has 0 aliphatic heterocycles. The molecule has 0 fully saturated rings. The smallest absolute Gasteiger partial charge is 0.224 e. The Labute approximate surface area is 194 Å². The fourth-order valence-electron chi connectivity index (χ4n) is 4.19. The average Bonchev–Trinajstić information content (AvgIpc) is 3.23. The van der Waals surface area contributed by atoms with Gasteiger partial charge < -0.3 is 19.4 Å². The summed E-state index contributed by atoms with van der Waals surface area (Å²) in [5.74, 6) is 1.99. The minimum Gasteiger partial charge on any atom is -0.493 e. The molecule has 2 atom stereocenters. The van der Waals surface area contributed by atoms with E-state index >= 15 is 0 Å². The number of benzene rings is 3. The maximum atomic E-state index is 12.9. The number of ether oxygens (including phenoxy) is 2. The van der Waals surface area contributed by atoms with Crippen molar-refractivity contribution >= 4 is 16.9 Å². The van der Waals surface area contributed by atoms with Crippen LogP contribution in [-0.4, -0.2) is 29.7 Å². The number of carbonyl (C=O) groups excluding carboxylic acids is 1. The third-order valence-electron chi connectivity index (χ3n) is 5.87. The monoisotopic (exact) mass is 443 g/mol. The Morgan fingerprint density at radius 1 is 0.939 bits per heavy atom. The number of aromatic nitrogens is 2. The van der Waals surface area contributed by atoms with Gasteiger partial charge >= 0.3 is 0 Å².